The Bertz CT molecular complexity index is 1430. The van der Waals surface area contributed by atoms with Gasteiger partial charge in [0, 0.05) is 11.4 Å². The van der Waals surface area contributed by atoms with Crippen LogP contribution in [0, 0.1) is 11.5 Å². The fourth-order valence-corrected chi connectivity index (χ4v) is 17.9. The molecule has 0 amide bonds. The third-order valence-corrected chi connectivity index (χ3v) is 17.6. The molecule has 36 heavy (non-hydrogen) atoms. The summed E-state index contributed by atoms with van der Waals surface area (Å²) in [6, 6.07) is 43.0. The smallest absolute Gasteiger partial charge is 0.269 e. The van der Waals surface area contributed by atoms with Crippen LogP contribution in [0.15, 0.2) is 143 Å². The van der Waals surface area contributed by atoms with Gasteiger partial charge < -0.3 is 12.2 Å². The summed E-state index contributed by atoms with van der Waals surface area (Å²) in [5.41, 5.74) is 8.98. The Morgan fingerprint density at radius 2 is 1.14 bits per heavy atom. The van der Waals surface area contributed by atoms with Gasteiger partial charge in [-0.25, -0.2) is 0 Å². The zero-order valence-corrected chi connectivity index (χ0v) is 23.4. The number of benzene rings is 4. The molecule has 1 aliphatic rings. The summed E-state index contributed by atoms with van der Waals surface area (Å²) in [4.78, 5) is 1.44. The second-order valence-electron chi connectivity index (χ2n) is 9.32. The lowest BCUT2D eigenvalue weighted by molar-refractivity contribution is 1.37. The van der Waals surface area contributed by atoms with Crippen molar-refractivity contribution in [1.82, 2.24) is 0 Å². The highest BCUT2D eigenvalue weighted by atomic mass is 32.7. The van der Waals surface area contributed by atoms with Crippen molar-refractivity contribution in [2.45, 2.75) is 20.0 Å². The van der Waals surface area contributed by atoms with Gasteiger partial charge in [-0.15, -0.1) is 5.54 Å². The monoisotopic (exact) mass is 516 g/mol. The van der Waals surface area contributed by atoms with Gasteiger partial charge in [-0.2, -0.15) is 0 Å². The molecule has 0 saturated heterocycles. The molecule has 0 N–H and O–H groups in total. The van der Waals surface area contributed by atoms with E-state index in [4.69, 9.17) is 12.2 Å². The average molecular weight is 517 g/mol. The molecule has 1 heterocycles. The van der Waals surface area contributed by atoms with E-state index in [1.807, 2.05) is 6.07 Å². The Labute approximate surface area is 222 Å². The minimum absolute atomic E-state index is 0.884. The highest BCUT2D eigenvalue weighted by Crippen LogP contribution is 2.74. The number of hydrogen-bond donors (Lipinski definition) is 0. The van der Waals surface area contributed by atoms with Crippen LogP contribution in [0.25, 0.3) is 0 Å². The summed E-state index contributed by atoms with van der Waals surface area (Å²) in [5.74, 6) is 6.05. The van der Waals surface area contributed by atoms with Gasteiger partial charge in [-0.05, 0) is 53.1 Å². The van der Waals surface area contributed by atoms with Crippen LogP contribution in [0.1, 0.15) is 25.0 Å². The van der Waals surface area contributed by atoms with E-state index in [1.165, 1.54) is 32.0 Å². The molecule has 0 aromatic heterocycles. The minimum Gasteiger partial charge on any atom is -0.546 e. The summed E-state index contributed by atoms with van der Waals surface area (Å²) >= 11 is 6.75. The minimum atomic E-state index is -2.78. The molecule has 4 aromatic rings. The summed E-state index contributed by atoms with van der Waals surface area (Å²) in [6.07, 6.45) is 0.884. The molecule has 4 aromatic carbocycles. The van der Waals surface area contributed by atoms with Crippen molar-refractivity contribution in [3.8, 4) is 11.5 Å². The first-order valence-electron chi connectivity index (χ1n) is 12.3. The first-order chi connectivity index (χ1) is 17.5. The topological polar surface area (TPSA) is 0 Å². The molecule has 0 spiro atoms. The third kappa shape index (κ3) is 4.68. The van der Waals surface area contributed by atoms with Gasteiger partial charge in [0.25, 0.3) is 8.07 Å². The van der Waals surface area contributed by atoms with Crippen molar-refractivity contribution in [3.05, 3.63) is 154 Å². The Morgan fingerprint density at radius 1 is 0.667 bits per heavy atom. The molecule has 0 radical (unpaired) electrons. The largest absolute Gasteiger partial charge is 0.546 e. The van der Waals surface area contributed by atoms with Crippen LogP contribution in [0.5, 0.6) is 0 Å². The van der Waals surface area contributed by atoms with E-state index in [1.54, 1.807) is 0 Å². The first kappa shape index (κ1) is 24.6. The predicted molar refractivity (Wildman–Crippen MR) is 162 cm³/mol. The molecule has 0 bridgehead atoms. The van der Waals surface area contributed by atoms with Crippen molar-refractivity contribution < 1.29 is 0 Å². The molecule has 1 atom stereocenters. The van der Waals surface area contributed by atoms with Crippen LogP contribution >= 0.6 is 6.46 Å². The van der Waals surface area contributed by atoms with Crippen LogP contribution in [-0.2, 0) is 18.4 Å². The van der Waals surface area contributed by atoms with E-state index < -0.39 is 14.5 Å². The van der Waals surface area contributed by atoms with Crippen molar-refractivity contribution in [2.75, 3.05) is 0 Å². The van der Waals surface area contributed by atoms with Crippen molar-refractivity contribution in [2.24, 2.45) is 0 Å². The van der Waals surface area contributed by atoms with E-state index >= 15 is 0 Å². The number of rotatable bonds is 5. The van der Waals surface area contributed by atoms with Crippen molar-refractivity contribution in [3.63, 3.8) is 0 Å². The summed E-state index contributed by atoms with van der Waals surface area (Å²) in [5, 5.41) is 2.61. The fraction of sp³-hybridized carbons (Fsp3) is 0.0909. The standard InChI is InChI=1S/C33H29PSSi/c1-27-25-34(35,26-30-17-9-4-10-18-30)33(28(27)2)36(31-19-11-5-12-20-31,32-21-13-6-14-22-32)24-23-29-15-7-3-8-16-29/h3-22,25H,26H2,1-2H3. The third-order valence-electron chi connectivity index (χ3n) is 6.92. The van der Waals surface area contributed by atoms with E-state index in [9.17, 15) is 0 Å². The fourth-order valence-electron chi connectivity index (χ4n) is 5.20. The van der Waals surface area contributed by atoms with Gasteiger partial charge in [0.05, 0.1) is 11.1 Å². The molecule has 0 aliphatic carbocycles. The van der Waals surface area contributed by atoms with Crippen LogP contribution in [0.3, 0.4) is 0 Å². The van der Waals surface area contributed by atoms with Gasteiger partial charge in [0.1, 0.15) is 0 Å². The number of allylic oxidation sites excluding steroid dienone is 2. The Morgan fingerprint density at radius 3 is 1.67 bits per heavy atom. The second kappa shape index (κ2) is 10.5. The highest BCUT2D eigenvalue weighted by Gasteiger charge is 2.52. The highest BCUT2D eigenvalue weighted by molar-refractivity contribution is 8.45. The molecular weight excluding hydrogens is 487 g/mol. The lowest BCUT2D eigenvalue weighted by Crippen LogP contribution is -2.59. The Kier molecular flexibility index (Phi) is 7.17. The molecule has 1 aliphatic heterocycles. The maximum absolute atomic E-state index is 6.75. The average Bonchev–Trinajstić information content (AvgIpc) is 3.15. The Hall–Kier alpha value is -3.08. The quantitative estimate of drug-likeness (QED) is 0.117. The van der Waals surface area contributed by atoms with E-state index in [0.717, 1.165) is 11.7 Å². The molecule has 5 rings (SSSR count). The Balaban J connectivity index is 1.83. The SMILES string of the molecule is CC1=C[P+]([S-])(Cc2ccccc2)C([Si](C#Cc2ccccc2)(c2ccccc2)c2ccccc2)=C1C. The van der Waals surface area contributed by atoms with Gasteiger partial charge >= 0.3 is 0 Å². The maximum atomic E-state index is 6.75. The summed E-state index contributed by atoms with van der Waals surface area (Å²) in [7, 11) is -2.78. The lowest BCUT2D eigenvalue weighted by atomic mass is 10.2. The molecule has 0 nitrogen and oxygen atoms in total. The van der Waals surface area contributed by atoms with E-state index in [-0.39, 0.29) is 0 Å². The normalized spacial score (nSPS) is 17.4. The summed E-state index contributed by atoms with van der Waals surface area (Å²) < 4.78 is 0. The zero-order chi connectivity index (χ0) is 25.0. The lowest BCUT2D eigenvalue weighted by Gasteiger charge is -2.39. The molecule has 0 fully saturated rings. The molecule has 3 heteroatoms. The van der Waals surface area contributed by atoms with Gasteiger partial charge in [0.2, 0.25) is 0 Å². The van der Waals surface area contributed by atoms with Crippen molar-refractivity contribution >= 4 is 37.2 Å². The van der Waals surface area contributed by atoms with Crippen LogP contribution < -0.4 is 10.4 Å². The number of hydrogen-bond acceptors (Lipinski definition) is 1. The van der Waals surface area contributed by atoms with Gasteiger partial charge in [-0.3, -0.25) is 0 Å². The van der Waals surface area contributed by atoms with E-state index in [0.29, 0.717) is 0 Å². The van der Waals surface area contributed by atoms with E-state index in [2.05, 4.69) is 146 Å². The summed E-state index contributed by atoms with van der Waals surface area (Å²) in [6.45, 7) is 2.43. The predicted octanol–water partition coefficient (Wildman–Crippen LogP) is 7.25. The zero-order valence-electron chi connectivity index (χ0n) is 20.7. The molecular formula is C33H29PSSi. The first-order valence-corrected chi connectivity index (χ1v) is 17.3. The van der Waals surface area contributed by atoms with Crippen LogP contribution in [0.4, 0.5) is 0 Å². The van der Waals surface area contributed by atoms with Gasteiger partial charge in [-0.1, -0.05) is 122 Å². The second-order valence-corrected chi connectivity index (χ2v) is 17.7. The van der Waals surface area contributed by atoms with Crippen LogP contribution in [-0.4, -0.2) is 8.07 Å². The van der Waals surface area contributed by atoms with Crippen molar-refractivity contribution in [1.29, 1.82) is 0 Å². The van der Waals surface area contributed by atoms with Crippen LogP contribution in [0.2, 0.25) is 0 Å². The van der Waals surface area contributed by atoms with Gasteiger partial charge in [0.15, 0.2) is 0 Å². The molecule has 176 valence electrons. The maximum Gasteiger partial charge on any atom is 0.269 e. The molecule has 0 saturated carbocycles. The molecule has 1 unspecified atom stereocenters.